The van der Waals surface area contributed by atoms with Gasteiger partial charge in [-0.05, 0) is 25.0 Å². The minimum Gasteiger partial charge on any atom is -0.481 e. The standard InChI is InChI=1S/C31H47N3O4/c1-2-3-4-5-6-7-8-9-10-11-12-13-14-15-16-18-21-26(31(37)38)24-29(35)32-28-25-30(36)34(33-28)27-22-19-17-20-23-27/h17-23,26H,2-16,24-25H2,1H3,(H,37,38)(H,32,33,35)/b21-18-/t26-/m0/s1. The predicted molar refractivity (Wildman–Crippen MR) is 154 cm³/mol. The maximum Gasteiger partial charge on any atom is 0.310 e. The van der Waals surface area contributed by atoms with E-state index >= 15 is 0 Å². The molecule has 0 fully saturated rings. The quantitative estimate of drug-likeness (QED) is 0.137. The van der Waals surface area contributed by atoms with Gasteiger partial charge in [-0.15, -0.1) is 0 Å². The first-order chi connectivity index (χ1) is 18.5. The Morgan fingerprint density at radius 1 is 0.921 bits per heavy atom. The summed E-state index contributed by atoms with van der Waals surface area (Å²) in [6.45, 7) is 2.26. The second-order valence-electron chi connectivity index (χ2n) is 10.3. The number of anilines is 1. The van der Waals surface area contributed by atoms with Crippen molar-refractivity contribution in [2.75, 3.05) is 5.01 Å². The van der Waals surface area contributed by atoms with Crippen LogP contribution < -0.4 is 10.3 Å². The van der Waals surface area contributed by atoms with E-state index in [0.29, 0.717) is 5.69 Å². The number of amides is 2. The third-order valence-electron chi connectivity index (χ3n) is 6.88. The Hall–Kier alpha value is -2.96. The maximum atomic E-state index is 12.4. The Balaban J connectivity index is 1.55. The Morgan fingerprint density at radius 2 is 1.47 bits per heavy atom. The number of hydrazone groups is 1. The summed E-state index contributed by atoms with van der Waals surface area (Å²) in [6.07, 6.45) is 22.4. The molecule has 0 aliphatic carbocycles. The van der Waals surface area contributed by atoms with Crippen LogP contribution in [-0.4, -0.2) is 28.7 Å². The van der Waals surface area contributed by atoms with E-state index in [2.05, 4.69) is 17.3 Å². The Labute approximate surface area is 228 Å². The molecule has 0 radical (unpaired) electrons. The molecule has 2 rings (SSSR count). The number of para-hydroxylation sites is 1. The lowest BCUT2D eigenvalue weighted by atomic mass is 10.0. The average molecular weight is 526 g/mol. The number of allylic oxidation sites excluding steroid dienone is 1. The molecule has 1 heterocycles. The van der Waals surface area contributed by atoms with E-state index in [4.69, 9.17) is 0 Å². The van der Waals surface area contributed by atoms with Crippen LogP contribution in [0.4, 0.5) is 5.69 Å². The molecule has 0 bridgehead atoms. The zero-order valence-electron chi connectivity index (χ0n) is 23.2. The van der Waals surface area contributed by atoms with Crippen LogP contribution in [0.2, 0.25) is 0 Å². The molecule has 0 saturated carbocycles. The van der Waals surface area contributed by atoms with E-state index in [9.17, 15) is 19.5 Å². The molecule has 0 aromatic heterocycles. The summed E-state index contributed by atoms with van der Waals surface area (Å²) >= 11 is 0. The van der Waals surface area contributed by atoms with E-state index in [1.165, 1.54) is 82.1 Å². The summed E-state index contributed by atoms with van der Waals surface area (Å²) in [5.41, 5.74) is 0.622. The lowest BCUT2D eigenvalue weighted by molar-refractivity contribution is -0.142. The van der Waals surface area contributed by atoms with Crippen molar-refractivity contribution >= 4 is 29.3 Å². The first kappa shape index (κ1) is 31.3. The molecule has 210 valence electrons. The fourth-order valence-electron chi connectivity index (χ4n) is 4.64. The number of carbonyl (C=O) groups is 3. The minimum absolute atomic E-state index is 0.0205. The Kier molecular flexibility index (Phi) is 15.8. The van der Waals surface area contributed by atoms with Crippen LogP contribution in [0.1, 0.15) is 116 Å². The van der Waals surface area contributed by atoms with Crippen LogP contribution in [0.3, 0.4) is 0 Å². The third kappa shape index (κ3) is 13.0. The number of benzene rings is 1. The molecule has 0 unspecified atom stereocenters. The van der Waals surface area contributed by atoms with Gasteiger partial charge in [-0.25, -0.2) is 0 Å². The number of carboxylic acids is 1. The molecular formula is C31H47N3O4. The Bertz CT molecular complexity index is 898. The number of carboxylic acid groups (broad SMARTS) is 1. The van der Waals surface area contributed by atoms with Gasteiger partial charge in [0.25, 0.3) is 5.91 Å². The van der Waals surface area contributed by atoms with Gasteiger partial charge in [0.1, 0.15) is 5.84 Å². The molecular weight excluding hydrogens is 478 g/mol. The zero-order valence-corrected chi connectivity index (χ0v) is 23.2. The first-order valence-electron chi connectivity index (χ1n) is 14.7. The predicted octanol–water partition coefficient (Wildman–Crippen LogP) is 7.37. The number of amidine groups is 1. The van der Waals surface area contributed by atoms with Crippen molar-refractivity contribution in [3.8, 4) is 0 Å². The van der Waals surface area contributed by atoms with Crippen molar-refractivity contribution in [2.45, 2.75) is 116 Å². The third-order valence-corrected chi connectivity index (χ3v) is 6.88. The van der Waals surface area contributed by atoms with Crippen molar-refractivity contribution in [1.29, 1.82) is 0 Å². The monoisotopic (exact) mass is 525 g/mol. The van der Waals surface area contributed by atoms with Gasteiger partial charge < -0.3 is 10.4 Å². The molecule has 7 nitrogen and oxygen atoms in total. The molecule has 1 aliphatic rings. The van der Waals surface area contributed by atoms with Gasteiger partial charge in [0, 0.05) is 6.42 Å². The summed E-state index contributed by atoms with van der Waals surface area (Å²) in [7, 11) is 0. The van der Waals surface area contributed by atoms with Gasteiger partial charge >= 0.3 is 5.97 Å². The number of nitrogens with zero attached hydrogens (tertiary/aromatic N) is 2. The van der Waals surface area contributed by atoms with E-state index in [-0.39, 0.29) is 24.6 Å². The largest absolute Gasteiger partial charge is 0.481 e. The highest BCUT2D eigenvalue weighted by Crippen LogP contribution is 2.19. The maximum absolute atomic E-state index is 12.4. The fourth-order valence-corrected chi connectivity index (χ4v) is 4.64. The number of carbonyl (C=O) groups excluding carboxylic acids is 2. The molecule has 2 N–H and O–H groups in total. The summed E-state index contributed by atoms with van der Waals surface area (Å²) in [5, 5.41) is 17.6. The number of aliphatic carboxylic acids is 1. The van der Waals surface area contributed by atoms with Gasteiger partial charge in [0.2, 0.25) is 5.91 Å². The highest BCUT2D eigenvalue weighted by Gasteiger charge is 2.27. The molecule has 1 atom stereocenters. The highest BCUT2D eigenvalue weighted by molar-refractivity contribution is 6.15. The number of nitrogens with one attached hydrogen (secondary N) is 1. The van der Waals surface area contributed by atoms with Crippen molar-refractivity contribution in [1.82, 2.24) is 5.32 Å². The van der Waals surface area contributed by atoms with Gasteiger partial charge in [-0.2, -0.15) is 10.1 Å². The average Bonchev–Trinajstić information content (AvgIpc) is 3.27. The van der Waals surface area contributed by atoms with Crippen molar-refractivity contribution in [2.24, 2.45) is 11.0 Å². The number of hydrogen-bond acceptors (Lipinski definition) is 4. The van der Waals surface area contributed by atoms with Crippen LogP contribution in [0, 0.1) is 5.92 Å². The summed E-state index contributed by atoms with van der Waals surface area (Å²) < 4.78 is 0. The molecule has 38 heavy (non-hydrogen) atoms. The molecule has 1 aliphatic heterocycles. The Morgan fingerprint density at radius 3 is 2.03 bits per heavy atom. The molecule has 0 spiro atoms. The first-order valence-corrected chi connectivity index (χ1v) is 14.7. The van der Waals surface area contributed by atoms with Gasteiger partial charge in [-0.3, -0.25) is 14.4 Å². The second kappa shape index (κ2) is 19.2. The number of unbranched alkanes of at least 4 members (excludes halogenated alkanes) is 14. The van der Waals surface area contributed by atoms with Crippen LogP contribution in [0.25, 0.3) is 0 Å². The van der Waals surface area contributed by atoms with E-state index in [1.807, 2.05) is 12.1 Å². The number of hydrogen-bond donors (Lipinski definition) is 2. The summed E-state index contributed by atoms with van der Waals surface area (Å²) in [4.78, 5) is 36.3. The molecule has 1 aromatic rings. The van der Waals surface area contributed by atoms with Crippen LogP contribution in [-0.2, 0) is 14.4 Å². The molecule has 0 saturated heterocycles. The smallest absolute Gasteiger partial charge is 0.310 e. The van der Waals surface area contributed by atoms with Crippen molar-refractivity contribution < 1.29 is 19.5 Å². The topological polar surface area (TPSA) is 99.1 Å². The normalized spacial score (nSPS) is 14.2. The SMILES string of the molecule is CCCCCCCCCCCCCCCC/C=C\[C@@H](CC(=O)NC1=NN(c2ccccc2)C(=O)C1)C(=O)O. The van der Waals surface area contributed by atoms with E-state index in [0.717, 1.165) is 19.3 Å². The second-order valence-corrected chi connectivity index (χ2v) is 10.3. The van der Waals surface area contributed by atoms with Crippen LogP contribution in [0.5, 0.6) is 0 Å². The fraction of sp³-hybridized carbons (Fsp3) is 0.613. The highest BCUT2D eigenvalue weighted by atomic mass is 16.4. The van der Waals surface area contributed by atoms with Crippen molar-refractivity contribution in [3.05, 3.63) is 42.5 Å². The van der Waals surface area contributed by atoms with Crippen LogP contribution in [0.15, 0.2) is 47.6 Å². The lowest BCUT2D eigenvalue weighted by Gasteiger charge is -2.10. The van der Waals surface area contributed by atoms with Crippen molar-refractivity contribution in [3.63, 3.8) is 0 Å². The van der Waals surface area contributed by atoms with Gasteiger partial charge in [0.05, 0.1) is 18.0 Å². The van der Waals surface area contributed by atoms with E-state index in [1.54, 1.807) is 30.3 Å². The molecule has 7 heteroatoms. The number of rotatable bonds is 20. The zero-order chi connectivity index (χ0) is 27.4. The lowest BCUT2D eigenvalue weighted by Crippen LogP contribution is -2.32. The minimum atomic E-state index is -1.03. The summed E-state index contributed by atoms with van der Waals surface area (Å²) in [5.74, 6) is -2.40. The molecule has 1 aromatic carbocycles. The van der Waals surface area contributed by atoms with Gasteiger partial charge in [-0.1, -0.05) is 121 Å². The van der Waals surface area contributed by atoms with E-state index < -0.39 is 17.8 Å². The molecule has 2 amide bonds. The van der Waals surface area contributed by atoms with Gasteiger partial charge in [0.15, 0.2) is 0 Å². The summed E-state index contributed by atoms with van der Waals surface area (Å²) in [6, 6.07) is 8.97. The van der Waals surface area contributed by atoms with Crippen LogP contribution >= 0.6 is 0 Å².